The Bertz CT molecular complexity index is 399. The number of amides is 1. The minimum atomic E-state index is -0.298. The summed E-state index contributed by atoms with van der Waals surface area (Å²) < 4.78 is 0.916. The number of hydrogen-bond donors (Lipinski definition) is 2. The Labute approximate surface area is 117 Å². The van der Waals surface area contributed by atoms with Gasteiger partial charge in [0.25, 0.3) is 5.91 Å². The maximum absolute atomic E-state index is 12.3. The summed E-state index contributed by atoms with van der Waals surface area (Å²) in [6.45, 7) is 6.52. The number of nitrogens with one attached hydrogen (secondary N) is 1. The minimum Gasteiger partial charge on any atom is -0.345 e. The number of rotatable bonds is 5. The molecule has 0 atom stereocenters. The van der Waals surface area contributed by atoms with Crippen LogP contribution in [0.2, 0.25) is 0 Å². The molecule has 0 unspecified atom stereocenters. The number of carbonyl (C=O) groups excluding carboxylic acids is 1. The molecule has 0 aliphatic carbocycles. The number of carbonyl (C=O) groups is 1. The lowest BCUT2D eigenvalue weighted by molar-refractivity contribution is 0.0895. The molecule has 0 spiro atoms. The van der Waals surface area contributed by atoms with Crippen molar-refractivity contribution in [1.29, 1.82) is 0 Å². The summed E-state index contributed by atoms with van der Waals surface area (Å²) in [5.41, 5.74) is 7.22. The van der Waals surface area contributed by atoms with Crippen LogP contribution in [-0.4, -0.2) is 18.0 Å². The third-order valence-corrected chi connectivity index (χ3v) is 3.89. The highest BCUT2D eigenvalue weighted by Gasteiger charge is 2.26. The second-order valence-electron chi connectivity index (χ2n) is 4.66. The van der Waals surface area contributed by atoms with E-state index in [0.717, 1.165) is 22.9 Å². The first-order chi connectivity index (χ1) is 8.46. The van der Waals surface area contributed by atoms with Crippen molar-refractivity contribution in [2.45, 2.75) is 39.2 Å². The molecule has 0 saturated carbocycles. The molecule has 1 amide bonds. The van der Waals surface area contributed by atoms with Crippen molar-refractivity contribution in [2.75, 3.05) is 6.54 Å². The first-order valence-electron chi connectivity index (χ1n) is 6.26. The summed E-state index contributed by atoms with van der Waals surface area (Å²) in [7, 11) is 0. The molecule has 4 heteroatoms. The van der Waals surface area contributed by atoms with Gasteiger partial charge in [0, 0.05) is 16.6 Å². The zero-order chi connectivity index (χ0) is 13.8. The van der Waals surface area contributed by atoms with E-state index in [1.165, 1.54) is 0 Å². The van der Waals surface area contributed by atoms with Gasteiger partial charge < -0.3 is 11.1 Å². The normalized spacial score (nSPS) is 11.4. The van der Waals surface area contributed by atoms with E-state index in [2.05, 4.69) is 21.2 Å². The van der Waals surface area contributed by atoms with Gasteiger partial charge in [0.1, 0.15) is 0 Å². The van der Waals surface area contributed by atoms with Gasteiger partial charge in [-0.1, -0.05) is 29.8 Å². The van der Waals surface area contributed by atoms with E-state index >= 15 is 0 Å². The molecular weight excluding hydrogens is 292 g/mol. The highest BCUT2D eigenvalue weighted by molar-refractivity contribution is 9.10. The molecule has 0 aliphatic heterocycles. The van der Waals surface area contributed by atoms with E-state index in [-0.39, 0.29) is 11.4 Å². The second kappa shape index (κ2) is 6.34. The highest BCUT2D eigenvalue weighted by atomic mass is 79.9. The maximum atomic E-state index is 12.3. The smallest absolute Gasteiger partial charge is 0.251 e. The molecule has 3 N–H and O–H groups in total. The van der Waals surface area contributed by atoms with Crippen LogP contribution in [0.1, 0.15) is 42.6 Å². The molecule has 0 heterocycles. The van der Waals surface area contributed by atoms with Crippen LogP contribution in [0, 0.1) is 6.92 Å². The topological polar surface area (TPSA) is 55.1 Å². The van der Waals surface area contributed by atoms with E-state index < -0.39 is 0 Å². The minimum absolute atomic E-state index is 0.0615. The number of aryl methyl sites for hydroxylation is 1. The van der Waals surface area contributed by atoms with E-state index in [9.17, 15) is 4.79 Å². The molecule has 0 aromatic heterocycles. The van der Waals surface area contributed by atoms with Crippen LogP contribution in [0.4, 0.5) is 0 Å². The Kier molecular flexibility index (Phi) is 5.35. The molecule has 18 heavy (non-hydrogen) atoms. The van der Waals surface area contributed by atoms with Crippen LogP contribution in [0.25, 0.3) is 0 Å². The van der Waals surface area contributed by atoms with Crippen molar-refractivity contribution < 1.29 is 4.79 Å². The standard InChI is InChI=1S/C14H21BrN2O/c1-4-14(5-2,9-16)17-13(18)11-6-10(3)7-12(15)8-11/h6-8H,4-5,9,16H2,1-3H3,(H,17,18). The number of benzene rings is 1. The van der Waals surface area contributed by atoms with Gasteiger partial charge in [0.15, 0.2) is 0 Å². The predicted octanol–water partition coefficient (Wildman–Crippen LogP) is 3.00. The fourth-order valence-corrected chi connectivity index (χ4v) is 2.55. The first-order valence-corrected chi connectivity index (χ1v) is 7.05. The summed E-state index contributed by atoms with van der Waals surface area (Å²) in [4.78, 5) is 12.3. The van der Waals surface area contributed by atoms with E-state index in [1.807, 2.05) is 39.0 Å². The second-order valence-corrected chi connectivity index (χ2v) is 5.58. The van der Waals surface area contributed by atoms with Gasteiger partial charge >= 0.3 is 0 Å². The van der Waals surface area contributed by atoms with Crippen molar-refractivity contribution in [3.63, 3.8) is 0 Å². The average Bonchev–Trinajstić information content (AvgIpc) is 2.35. The van der Waals surface area contributed by atoms with Gasteiger partial charge in [-0.05, 0) is 43.5 Å². The quantitative estimate of drug-likeness (QED) is 0.878. The monoisotopic (exact) mass is 312 g/mol. The molecule has 1 aromatic carbocycles. The van der Waals surface area contributed by atoms with Gasteiger partial charge in [-0.2, -0.15) is 0 Å². The van der Waals surface area contributed by atoms with Crippen LogP contribution in [0.3, 0.4) is 0 Å². The fourth-order valence-electron chi connectivity index (χ4n) is 1.95. The molecule has 0 radical (unpaired) electrons. The third-order valence-electron chi connectivity index (χ3n) is 3.43. The van der Waals surface area contributed by atoms with Crippen LogP contribution < -0.4 is 11.1 Å². The van der Waals surface area contributed by atoms with E-state index in [1.54, 1.807) is 0 Å². The Hall–Kier alpha value is -0.870. The van der Waals surface area contributed by atoms with E-state index in [0.29, 0.717) is 12.1 Å². The highest BCUT2D eigenvalue weighted by Crippen LogP contribution is 2.18. The Morgan fingerprint density at radius 3 is 2.39 bits per heavy atom. The van der Waals surface area contributed by atoms with Crippen molar-refractivity contribution in [1.82, 2.24) is 5.32 Å². The molecule has 0 aliphatic rings. The van der Waals surface area contributed by atoms with Gasteiger partial charge in [0.2, 0.25) is 0 Å². The zero-order valence-corrected chi connectivity index (χ0v) is 12.8. The Morgan fingerprint density at radius 2 is 1.94 bits per heavy atom. The molecular formula is C14H21BrN2O. The van der Waals surface area contributed by atoms with E-state index in [4.69, 9.17) is 5.73 Å². The number of halogens is 1. The summed E-state index contributed by atoms with van der Waals surface area (Å²) in [5, 5.41) is 3.07. The van der Waals surface area contributed by atoms with Crippen molar-refractivity contribution in [3.8, 4) is 0 Å². The van der Waals surface area contributed by atoms with Gasteiger partial charge in [0.05, 0.1) is 5.54 Å². The van der Waals surface area contributed by atoms with Crippen LogP contribution in [0.15, 0.2) is 22.7 Å². The lowest BCUT2D eigenvalue weighted by Crippen LogP contribution is -2.52. The zero-order valence-electron chi connectivity index (χ0n) is 11.2. The SMILES string of the molecule is CCC(CC)(CN)NC(=O)c1cc(C)cc(Br)c1. The van der Waals surface area contributed by atoms with Crippen LogP contribution in [0.5, 0.6) is 0 Å². The Balaban J connectivity index is 2.94. The van der Waals surface area contributed by atoms with Crippen LogP contribution >= 0.6 is 15.9 Å². The summed E-state index contributed by atoms with van der Waals surface area (Å²) in [6.07, 6.45) is 1.66. The van der Waals surface area contributed by atoms with Crippen LogP contribution in [-0.2, 0) is 0 Å². The molecule has 0 bridgehead atoms. The van der Waals surface area contributed by atoms with Gasteiger partial charge in [-0.15, -0.1) is 0 Å². The molecule has 0 saturated heterocycles. The van der Waals surface area contributed by atoms with Gasteiger partial charge in [-0.25, -0.2) is 0 Å². The lowest BCUT2D eigenvalue weighted by Gasteiger charge is -2.31. The summed E-state index contributed by atoms with van der Waals surface area (Å²) in [5.74, 6) is -0.0615. The predicted molar refractivity (Wildman–Crippen MR) is 78.7 cm³/mol. The number of hydrogen-bond acceptors (Lipinski definition) is 2. The molecule has 3 nitrogen and oxygen atoms in total. The lowest BCUT2D eigenvalue weighted by atomic mass is 9.92. The Morgan fingerprint density at radius 1 is 1.33 bits per heavy atom. The summed E-state index contributed by atoms with van der Waals surface area (Å²) in [6, 6.07) is 5.69. The van der Waals surface area contributed by atoms with Crippen molar-refractivity contribution >= 4 is 21.8 Å². The molecule has 1 aromatic rings. The maximum Gasteiger partial charge on any atom is 0.251 e. The first kappa shape index (κ1) is 15.2. The fraction of sp³-hybridized carbons (Fsp3) is 0.500. The largest absolute Gasteiger partial charge is 0.345 e. The average molecular weight is 313 g/mol. The van der Waals surface area contributed by atoms with Crippen molar-refractivity contribution in [2.24, 2.45) is 5.73 Å². The number of nitrogens with two attached hydrogens (primary N) is 1. The summed E-state index contributed by atoms with van der Waals surface area (Å²) >= 11 is 3.41. The third kappa shape index (κ3) is 3.56. The van der Waals surface area contributed by atoms with Gasteiger partial charge in [-0.3, -0.25) is 4.79 Å². The molecule has 100 valence electrons. The van der Waals surface area contributed by atoms with Crippen molar-refractivity contribution in [3.05, 3.63) is 33.8 Å². The molecule has 1 rings (SSSR count). The molecule has 0 fully saturated rings.